The van der Waals surface area contributed by atoms with Crippen molar-refractivity contribution in [3.8, 4) is 11.5 Å². The van der Waals surface area contributed by atoms with Gasteiger partial charge in [0, 0.05) is 22.0 Å². The highest BCUT2D eigenvalue weighted by Gasteiger charge is 2.36. The molecular weight excluding hydrogens is 540 g/mol. The molecule has 0 bridgehead atoms. The van der Waals surface area contributed by atoms with Crippen LogP contribution in [0.15, 0.2) is 78.9 Å². The second kappa shape index (κ2) is 12.0. The van der Waals surface area contributed by atoms with Crippen molar-refractivity contribution in [1.29, 1.82) is 0 Å². The van der Waals surface area contributed by atoms with Gasteiger partial charge in [-0.05, 0) is 43.5 Å². The second-order valence-electron chi connectivity index (χ2n) is 9.74. The summed E-state index contributed by atoms with van der Waals surface area (Å²) in [7, 11) is -3.77. The Morgan fingerprint density at radius 3 is 2.10 bits per heavy atom. The Morgan fingerprint density at radius 1 is 0.829 bits per heavy atom. The summed E-state index contributed by atoms with van der Waals surface area (Å²) in [6, 6.07) is 24.0. The fourth-order valence-electron chi connectivity index (χ4n) is 5.12. The van der Waals surface area contributed by atoms with Crippen molar-refractivity contribution in [2.24, 2.45) is 0 Å². The molecule has 1 aliphatic rings. The Kier molecular flexibility index (Phi) is 8.26. The van der Waals surface area contributed by atoms with Gasteiger partial charge in [0.25, 0.3) is 5.91 Å². The van der Waals surface area contributed by atoms with Gasteiger partial charge in [0.1, 0.15) is 11.5 Å². The minimum absolute atomic E-state index is 0.104. The van der Waals surface area contributed by atoms with Gasteiger partial charge in [-0.15, -0.1) is 0 Å². The molecule has 0 saturated carbocycles. The van der Waals surface area contributed by atoms with E-state index in [4.69, 9.17) is 9.47 Å². The van der Waals surface area contributed by atoms with Crippen molar-refractivity contribution in [3.63, 3.8) is 0 Å². The minimum Gasteiger partial charge on any atom is -0.493 e. The molecule has 0 spiro atoms. The first-order chi connectivity index (χ1) is 19.8. The van der Waals surface area contributed by atoms with Gasteiger partial charge >= 0.3 is 0 Å². The summed E-state index contributed by atoms with van der Waals surface area (Å²) in [5.74, 6) is 0.256. The van der Waals surface area contributed by atoms with E-state index in [1.54, 1.807) is 29.2 Å². The summed E-state index contributed by atoms with van der Waals surface area (Å²) in [6.07, 6.45) is 0.212. The van der Waals surface area contributed by atoms with E-state index in [0.717, 1.165) is 21.9 Å². The lowest BCUT2D eigenvalue weighted by molar-refractivity contribution is -0.118. The molecule has 0 atom stereocenters. The summed E-state index contributed by atoms with van der Waals surface area (Å²) >= 11 is 0. The van der Waals surface area contributed by atoms with Crippen molar-refractivity contribution in [2.45, 2.75) is 33.2 Å². The number of aryl methyl sites for hydroxylation is 1. The molecule has 4 aromatic rings. The third kappa shape index (κ3) is 6.05. The van der Waals surface area contributed by atoms with Crippen LogP contribution in [0.5, 0.6) is 11.5 Å². The summed E-state index contributed by atoms with van der Waals surface area (Å²) in [4.78, 5) is 27.9. The van der Waals surface area contributed by atoms with Gasteiger partial charge in [-0.25, -0.2) is 8.42 Å². The quantitative estimate of drug-likeness (QED) is 0.271. The van der Waals surface area contributed by atoms with Gasteiger partial charge in [0.2, 0.25) is 15.9 Å². The number of amides is 2. The van der Waals surface area contributed by atoms with Crippen molar-refractivity contribution < 1.29 is 27.5 Å². The van der Waals surface area contributed by atoms with Crippen LogP contribution in [0.4, 0.5) is 5.69 Å². The van der Waals surface area contributed by atoms with E-state index in [0.29, 0.717) is 54.5 Å². The number of benzene rings is 4. The number of rotatable bonds is 11. The highest BCUT2D eigenvalue weighted by Crippen LogP contribution is 2.46. The predicted molar refractivity (Wildman–Crippen MR) is 159 cm³/mol. The largest absolute Gasteiger partial charge is 0.493 e. The third-order valence-electron chi connectivity index (χ3n) is 6.96. The summed E-state index contributed by atoms with van der Waals surface area (Å²) in [6.45, 7) is 4.98. The minimum atomic E-state index is -3.77. The van der Waals surface area contributed by atoms with E-state index in [1.165, 1.54) is 0 Å². The molecule has 9 heteroatoms. The van der Waals surface area contributed by atoms with Crippen LogP contribution >= 0.6 is 0 Å². The lowest BCUT2D eigenvalue weighted by Gasteiger charge is -2.16. The molecule has 8 nitrogen and oxygen atoms in total. The van der Waals surface area contributed by atoms with Crippen LogP contribution in [0.3, 0.4) is 0 Å². The molecular formula is C32H32N2O6S. The third-order valence-corrected chi connectivity index (χ3v) is 8.24. The van der Waals surface area contributed by atoms with Gasteiger partial charge in [-0.2, -0.15) is 0 Å². The number of nitrogens with zero attached hydrogens (tertiary/aromatic N) is 1. The first-order valence-electron chi connectivity index (χ1n) is 13.6. The molecule has 212 valence electrons. The number of ether oxygens (including phenoxy) is 2. The van der Waals surface area contributed by atoms with Crippen molar-refractivity contribution >= 4 is 38.3 Å². The molecule has 4 aromatic carbocycles. The zero-order valence-electron chi connectivity index (χ0n) is 23.1. The van der Waals surface area contributed by atoms with Crippen LogP contribution < -0.4 is 19.1 Å². The lowest BCUT2D eigenvalue weighted by atomic mass is 9.99. The number of fused-ring (bicyclic) bond motifs is 2. The Bertz CT molecular complexity index is 1690. The van der Waals surface area contributed by atoms with Crippen LogP contribution in [0.2, 0.25) is 0 Å². The number of hydrogen-bond acceptors (Lipinski definition) is 6. The summed E-state index contributed by atoms with van der Waals surface area (Å²) < 4.78 is 39.0. The molecule has 0 aliphatic carbocycles. The second-order valence-corrected chi connectivity index (χ2v) is 11.6. The van der Waals surface area contributed by atoms with Gasteiger partial charge < -0.3 is 14.4 Å². The SMILES string of the molecule is CCOc1c2c(c(OCC)c3ccccc13)C(=O)N(c1ccc(CC(=O)NS(=O)(=O)CCc3ccccc3)cc1)C2. The molecule has 2 amide bonds. The zero-order valence-corrected chi connectivity index (χ0v) is 23.9. The molecule has 5 rings (SSSR count). The standard InChI is InChI=1S/C32H32N2O6S/c1-3-39-30-25-12-8-9-13-26(25)31(40-4-2)29-27(30)21-34(32(29)36)24-16-14-23(15-17-24)20-28(35)33-41(37,38)19-18-22-10-6-5-7-11-22/h5-17H,3-4,18-21H2,1-2H3,(H,33,35). The van der Waals surface area contributed by atoms with E-state index in [2.05, 4.69) is 4.72 Å². The predicted octanol–water partition coefficient (Wildman–Crippen LogP) is 5.03. The van der Waals surface area contributed by atoms with Crippen LogP contribution in [-0.4, -0.2) is 39.2 Å². The maximum Gasteiger partial charge on any atom is 0.262 e. The highest BCUT2D eigenvalue weighted by atomic mass is 32.2. The fourth-order valence-corrected chi connectivity index (χ4v) is 6.14. The average molecular weight is 573 g/mol. The molecule has 0 aromatic heterocycles. The van der Waals surface area contributed by atoms with Crippen LogP contribution in [0.1, 0.15) is 40.9 Å². The van der Waals surface area contributed by atoms with Gasteiger partial charge in [-0.1, -0.05) is 66.7 Å². The molecule has 1 N–H and O–H groups in total. The van der Waals surface area contributed by atoms with Gasteiger partial charge in [0.05, 0.1) is 37.5 Å². The number of nitrogens with one attached hydrogen (secondary N) is 1. The Balaban J connectivity index is 1.32. The first kappa shape index (κ1) is 28.2. The van der Waals surface area contributed by atoms with Crippen LogP contribution in [0.25, 0.3) is 10.8 Å². The molecule has 0 radical (unpaired) electrons. The summed E-state index contributed by atoms with van der Waals surface area (Å²) in [5, 5.41) is 1.72. The topological polar surface area (TPSA) is 102 Å². The Hall–Kier alpha value is -4.37. The van der Waals surface area contributed by atoms with E-state index in [-0.39, 0.29) is 18.1 Å². The molecule has 0 unspecified atom stereocenters. The van der Waals surface area contributed by atoms with Gasteiger partial charge in [-0.3, -0.25) is 14.3 Å². The van der Waals surface area contributed by atoms with Crippen molar-refractivity contribution in [3.05, 3.63) is 101 Å². The fraction of sp³-hybridized carbons (Fsp3) is 0.250. The van der Waals surface area contributed by atoms with E-state index < -0.39 is 15.9 Å². The number of carbonyl (C=O) groups is 2. The molecule has 1 heterocycles. The van der Waals surface area contributed by atoms with Gasteiger partial charge in [0.15, 0.2) is 0 Å². The number of carbonyl (C=O) groups excluding carboxylic acids is 2. The van der Waals surface area contributed by atoms with Crippen molar-refractivity contribution in [2.75, 3.05) is 23.9 Å². The number of sulfonamides is 1. The zero-order chi connectivity index (χ0) is 29.0. The molecule has 41 heavy (non-hydrogen) atoms. The molecule has 0 fully saturated rings. The van der Waals surface area contributed by atoms with Crippen LogP contribution in [-0.2, 0) is 34.2 Å². The summed E-state index contributed by atoms with van der Waals surface area (Å²) in [5.41, 5.74) is 3.44. The van der Waals surface area contributed by atoms with E-state index >= 15 is 0 Å². The normalized spacial score (nSPS) is 12.8. The smallest absolute Gasteiger partial charge is 0.262 e. The first-order valence-corrected chi connectivity index (χ1v) is 15.3. The van der Waals surface area contributed by atoms with Crippen molar-refractivity contribution in [1.82, 2.24) is 4.72 Å². The average Bonchev–Trinajstić information content (AvgIpc) is 3.31. The highest BCUT2D eigenvalue weighted by molar-refractivity contribution is 7.90. The lowest BCUT2D eigenvalue weighted by Crippen LogP contribution is -2.34. The molecule has 1 aliphatic heterocycles. The monoisotopic (exact) mass is 572 g/mol. The maximum absolute atomic E-state index is 13.7. The van der Waals surface area contributed by atoms with E-state index in [1.807, 2.05) is 68.4 Å². The Labute approximate surface area is 239 Å². The number of anilines is 1. The molecule has 0 saturated heterocycles. The van der Waals surface area contributed by atoms with E-state index in [9.17, 15) is 18.0 Å². The maximum atomic E-state index is 13.7. The number of hydrogen-bond donors (Lipinski definition) is 1. The Morgan fingerprint density at radius 2 is 1.44 bits per heavy atom. The van der Waals surface area contributed by atoms with Crippen LogP contribution in [0, 0.1) is 0 Å².